The number of benzene rings is 2. The molecular weight excluding hydrogens is 388 g/mol. The second-order valence-corrected chi connectivity index (χ2v) is 6.09. The fraction of sp³-hybridized carbons (Fsp3) is 0. The molecule has 0 atom stereocenters. The summed E-state index contributed by atoms with van der Waals surface area (Å²) in [6, 6.07) is 16.7. The maximum absolute atomic E-state index is 12.5. The first-order valence-electron chi connectivity index (χ1n) is 8.58. The molecule has 0 saturated heterocycles. The van der Waals surface area contributed by atoms with Crippen LogP contribution in [0.1, 0.15) is 16.1 Å². The predicted octanol–water partition coefficient (Wildman–Crippen LogP) is 3.63. The van der Waals surface area contributed by atoms with E-state index in [1.807, 2.05) is 6.07 Å². The van der Waals surface area contributed by atoms with E-state index in [1.54, 1.807) is 29.0 Å². The minimum absolute atomic E-state index is 0.00478. The minimum atomic E-state index is -1.14. The van der Waals surface area contributed by atoms with Crippen molar-refractivity contribution in [3.05, 3.63) is 93.8 Å². The molecule has 9 nitrogen and oxygen atoms in total. The molecule has 9 heteroatoms. The van der Waals surface area contributed by atoms with E-state index >= 15 is 0 Å². The molecule has 0 fully saturated rings. The third-order valence-electron chi connectivity index (χ3n) is 4.12. The number of carbonyl (C=O) groups is 2. The summed E-state index contributed by atoms with van der Waals surface area (Å²) in [5.74, 6) is -1.86. The molecule has 148 valence electrons. The van der Waals surface area contributed by atoms with Crippen molar-refractivity contribution in [2.45, 2.75) is 0 Å². The van der Waals surface area contributed by atoms with Crippen LogP contribution in [0.15, 0.2) is 72.4 Å². The zero-order chi connectivity index (χ0) is 21.7. The van der Waals surface area contributed by atoms with E-state index in [4.69, 9.17) is 5.11 Å². The minimum Gasteiger partial charge on any atom is -0.478 e. The normalized spacial score (nSPS) is 10.8. The number of nitrogens with one attached hydrogen (secondary N) is 1. The highest BCUT2D eigenvalue weighted by molar-refractivity contribution is 6.09. The Balaban J connectivity index is 1.90. The maximum atomic E-state index is 12.5. The Morgan fingerprint density at radius 1 is 1.13 bits per heavy atom. The van der Waals surface area contributed by atoms with Gasteiger partial charge in [-0.25, -0.2) is 4.79 Å². The summed E-state index contributed by atoms with van der Waals surface area (Å²) in [4.78, 5) is 34.1. The van der Waals surface area contributed by atoms with Gasteiger partial charge in [-0.2, -0.15) is 5.26 Å². The molecule has 2 aromatic carbocycles. The van der Waals surface area contributed by atoms with Crippen molar-refractivity contribution in [1.29, 1.82) is 5.26 Å². The van der Waals surface area contributed by atoms with Crippen LogP contribution in [0.5, 0.6) is 0 Å². The van der Waals surface area contributed by atoms with Crippen LogP contribution in [-0.4, -0.2) is 26.5 Å². The van der Waals surface area contributed by atoms with Crippen molar-refractivity contribution in [1.82, 2.24) is 4.57 Å². The molecule has 2 N–H and O–H groups in total. The van der Waals surface area contributed by atoms with E-state index in [0.29, 0.717) is 11.4 Å². The van der Waals surface area contributed by atoms with Crippen molar-refractivity contribution in [3.8, 4) is 11.8 Å². The van der Waals surface area contributed by atoms with E-state index in [0.717, 1.165) is 0 Å². The number of aromatic carboxylic acids is 1. The lowest BCUT2D eigenvalue weighted by molar-refractivity contribution is -0.384. The zero-order valence-corrected chi connectivity index (χ0v) is 15.4. The van der Waals surface area contributed by atoms with Crippen molar-refractivity contribution in [2.75, 3.05) is 5.32 Å². The van der Waals surface area contributed by atoms with Crippen molar-refractivity contribution in [2.24, 2.45) is 0 Å². The third-order valence-corrected chi connectivity index (χ3v) is 4.12. The molecule has 0 aliphatic heterocycles. The lowest BCUT2D eigenvalue weighted by Crippen LogP contribution is -2.14. The van der Waals surface area contributed by atoms with Crippen molar-refractivity contribution in [3.63, 3.8) is 0 Å². The van der Waals surface area contributed by atoms with E-state index in [1.165, 1.54) is 48.5 Å². The smallest absolute Gasteiger partial charge is 0.335 e. The number of nitro groups is 1. The van der Waals surface area contributed by atoms with Gasteiger partial charge in [0.05, 0.1) is 16.2 Å². The topological polar surface area (TPSA) is 138 Å². The van der Waals surface area contributed by atoms with Gasteiger partial charge in [0.2, 0.25) is 0 Å². The van der Waals surface area contributed by atoms with Crippen LogP contribution in [0.2, 0.25) is 0 Å². The first kappa shape index (κ1) is 20.0. The Hall–Kier alpha value is -4.71. The Morgan fingerprint density at radius 3 is 2.60 bits per heavy atom. The predicted molar refractivity (Wildman–Crippen MR) is 108 cm³/mol. The molecule has 1 heterocycles. The fourth-order valence-electron chi connectivity index (χ4n) is 2.73. The molecule has 3 rings (SSSR count). The first-order valence-corrected chi connectivity index (χ1v) is 8.58. The third kappa shape index (κ3) is 4.40. The summed E-state index contributed by atoms with van der Waals surface area (Å²) in [7, 11) is 0. The Bertz CT molecular complexity index is 1220. The van der Waals surface area contributed by atoms with Crippen LogP contribution < -0.4 is 5.32 Å². The number of anilines is 1. The van der Waals surface area contributed by atoms with Gasteiger partial charge in [-0.1, -0.05) is 12.1 Å². The lowest BCUT2D eigenvalue weighted by atomic mass is 10.1. The number of carboxylic acids is 1. The Morgan fingerprint density at radius 2 is 1.90 bits per heavy atom. The second-order valence-electron chi connectivity index (χ2n) is 6.09. The van der Waals surface area contributed by atoms with Crippen LogP contribution in [-0.2, 0) is 4.79 Å². The van der Waals surface area contributed by atoms with E-state index < -0.39 is 16.8 Å². The fourth-order valence-corrected chi connectivity index (χ4v) is 2.73. The number of aromatic nitrogens is 1. The average molecular weight is 402 g/mol. The van der Waals surface area contributed by atoms with Gasteiger partial charge in [0, 0.05) is 29.7 Å². The summed E-state index contributed by atoms with van der Waals surface area (Å²) in [5, 5.41) is 32.0. The Labute approximate surface area is 170 Å². The summed E-state index contributed by atoms with van der Waals surface area (Å²) in [6.07, 6.45) is 2.99. The highest BCUT2D eigenvalue weighted by Crippen LogP contribution is 2.21. The van der Waals surface area contributed by atoms with Gasteiger partial charge >= 0.3 is 5.97 Å². The number of nitriles is 1. The van der Waals surface area contributed by atoms with Crippen molar-refractivity contribution >= 4 is 29.3 Å². The van der Waals surface area contributed by atoms with Gasteiger partial charge in [0.25, 0.3) is 11.6 Å². The van der Waals surface area contributed by atoms with Gasteiger partial charge in [-0.3, -0.25) is 14.9 Å². The number of hydrogen-bond donors (Lipinski definition) is 2. The number of non-ortho nitro benzene ring substituents is 1. The number of carbonyl (C=O) groups excluding carboxylic acids is 1. The summed E-state index contributed by atoms with van der Waals surface area (Å²) >= 11 is 0. The number of hydrogen-bond acceptors (Lipinski definition) is 5. The molecule has 0 saturated carbocycles. The SMILES string of the molecule is N#C/C(=C/c1cccn1-c1cccc([N+](=O)[O-])c1)C(=O)Nc1cccc(C(=O)O)c1. The summed E-state index contributed by atoms with van der Waals surface area (Å²) < 4.78 is 1.60. The molecule has 1 aromatic heterocycles. The molecule has 1 amide bonds. The molecule has 30 heavy (non-hydrogen) atoms. The van der Waals surface area contributed by atoms with Gasteiger partial charge in [0.1, 0.15) is 11.6 Å². The van der Waals surface area contributed by atoms with Crippen LogP contribution in [0.3, 0.4) is 0 Å². The lowest BCUT2D eigenvalue weighted by Gasteiger charge is -2.08. The van der Waals surface area contributed by atoms with Gasteiger partial charge in [0.15, 0.2) is 0 Å². The van der Waals surface area contributed by atoms with Crippen molar-refractivity contribution < 1.29 is 19.6 Å². The molecule has 3 aromatic rings. The van der Waals surface area contributed by atoms with Crippen LogP contribution >= 0.6 is 0 Å². The number of nitro benzene ring substituents is 1. The highest BCUT2D eigenvalue weighted by Gasteiger charge is 2.13. The number of carboxylic acid groups (broad SMARTS) is 1. The molecule has 0 spiro atoms. The average Bonchev–Trinajstić information content (AvgIpc) is 3.20. The number of amides is 1. The van der Waals surface area contributed by atoms with E-state index in [9.17, 15) is 25.0 Å². The molecule has 0 aliphatic carbocycles. The molecule has 0 bridgehead atoms. The largest absolute Gasteiger partial charge is 0.478 e. The van der Waals surface area contributed by atoms with Crippen LogP contribution in [0.25, 0.3) is 11.8 Å². The van der Waals surface area contributed by atoms with Crippen LogP contribution in [0, 0.1) is 21.4 Å². The molecule has 0 radical (unpaired) electrons. The maximum Gasteiger partial charge on any atom is 0.335 e. The number of rotatable bonds is 6. The van der Waals surface area contributed by atoms with Gasteiger partial charge < -0.3 is 15.0 Å². The standard InChI is InChI=1S/C21H14N4O5/c22-13-15(20(26)23-16-5-1-4-14(10-16)21(27)28)11-17-8-3-9-24(17)18-6-2-7-19(12-18)25(29)30/h1-12H,(H,23,26)(H,27,28)/b15-11-. The monoisotopic (exact) mass is 402 g/mol. The highest BCUT2D eigenvalue weighted by atomic mass is 16.6. The van der Waals surface area contributed by atoms with E-state index in [2.05, 4.69) is 5.32 Å². The quantitative estimate of drug-likeness (QED) is 0.279. The number of nitrogens with zero attached hydrogens (tertiary/aromatic N) is 3. The second kappa shape index (κ2) is 8.53. The molecular formula is C21H14N4O5. The van der Waals surface area contributed by atoms with Crippen LogP contribution in [0.4, 0.5) is 11.4 Å². The first-order chi connectivity index (χ1) is 14.4. The molecule has 0 aliphatic rings. The summed E-state index contributed by atoms with van der Waals surface area (Å²) in [5.41, 5.74) is 0.868. The Kier molecular flexibility index (Phi) is 5.70. The summed E-state index contributed by atoms with van der Waals surface area (Å²) in [6.45, 7) is 0. The van der Waals surface area contributed by atoms with Gasteiger partial charge in [-0.15, -0.1) is 0 Å². The molecule has 0 unspecified atom stereocenters. The zero-order valence-electron chi connectivity index (χ0n) is 15.4. The van der Waals surface area contributed by atoms with E-state index in [-0.39, 0.29) is 22.5 Å². The van der Waals surface area contributed by atoms with Gasteiger partial charge in [-0.05, 0) is 42.5 Å².